The van der Waals surface area contributed by atoms with E-state index in [0.29, 0.717) is 11.8 Å². The van der Waals surface area contributed by atoms with E-state index < -0.39 is 0 Å². The molecule has 2 aromatic rings. The Kier molecular flexibility index (Phi) is 4.76. The number of nitrogens with zero attached hydrogens (tertiary/aromatic N) is 2. The minimum absolute atomic E-state index is 0.188. The molecule has 2 aromatic carbocycles. The number of fused-ring (bicyclic) bond motifs is 1. The number of aryl methyl sites for hydroxylation is 1. The topological polar surface area (TPSA) is 23.6 Å². The Labute approximate surface area is 160 Å². The van der Waals surface area contributed by atoms with Crippen LogP contribution in [0.25, 0.3) is 0 Å². The van der Waals surface area contributed by atoms with Gasteiger partial charge in [-0.1, -0.05) is 48.0 Å². The third-order valence-electron chi connectivity index (χ3n) is 5.98. The second-order valence-electron chi connectivity index (χ2n) is 7.72. The molecule has 0 N–H and O–H groups in total. The number of halogens is 1. The van der Waals surface area contributed by atoms with Gasteiger partial charge in [-0.05, 0) is 41.7 Å². The molecule has 0 bridgehead atoms. The summed E-state index contributed by atoms with van der Waals surface area (Å²) >= 11 is 6.09. The highest BCUT2D eigenvalue weighted by Gasteiger charge is 2.48. The maximum atomic E-state index is 12.2. The third kappa shape index (κ3) is 3.26. The van der Waals surface area contributed by atoms with Crippen molar-refractivity contribution in [2.24, 2.45) is 11.8 Å². The van der Waals surface area contributed by atoms with Crippen molar-refractivity contribution in [1.29, 1.82) is 0 Å². The normalized spacial score (nSPS) is 25.5. The van der Waals surface area contributed by atoms with Crippen LogP contribution < -0.4 is 0 Å². The zero-order valence-corrected chi connectivity index (χ0v) is 16.1. The number of hydrogen-bond donors (Lipinski definition) is 0. The third-order valence-corrected chi connectivity index (χ3v) is 6.22. The molecule has 0 unspecified atom stereocenters. The Bertz CT molecular complexity index is 807. The Morgan fingerprint density at radius 3 is 2.58 bits per heavy atom. The number of carbonyl (C=O) groups excluding carboxylic acids is 1. The summed E-state index contributed by atoms with van der Waals surface area (Å²) in [5.41, 5.74) is 3.85. The molecule has 2 aliphatic rings. The second-order valence-corrected chi connectivity index (χ2v) is 8.15. The maximum absolute atomic E-state index is 12.2. The first-order chi connectivity index (χ1) is 12.5. The largest absolute Gasteiger partial charge is 0.335 e. The molecular weight excluding hydrogens is 344 g/mol. The van der Waals surface area contributed by atoms with Gasteiger partial charge < -0.3 is 4.90 Å². The smallest absolute Gasteiger partial charge is 0.219 e. The predicted octanol–water partition coefficient (Wildman–Crippen LogP) is 4.30. The second kappa shape index (κ2) is 7.05. The van der Waals surface area contributed by atoms with Gasteiger partial charge in [-0.25, -0.2) is 0 Å². The predicted molar refractivity (Wildman–Crippen MR) is 105 cm³/mol. The highest BCUT2D eigenvalue weighted by Crippen LogP contribution is 2.45. The lowest BCUT2D eigenvalue weighted by Gasteiger charge is -2.29. The summed E-state index contributed by atoms with van der Waals surface area (Å²) in [6.45, 7) is 7.75. The van der Waals surface area contributed by atoms with Gasteiger partial charge in [-0.2, -0.15) is 0 Å². The molecule has 3 nitrogen and oxygen atoms in total. The molecule has 2 fully saturated rings. The number of carbonyl (C=O) groups is 1. The van der Waals surface area contributed by atoms with Crippen LogP contribution in [0.4, 0.5) is 0 Å². The average Bonchev–Trinajstić information content (AvgIpc) is 3.15. The van der Waals surface area contributed by atoms with Crippen molar-refractivity contribution < 1.29 is 4.79 Å². The molecule has 2 aliphatic heterocycles. The van der Waals surface area contributed by atoms with E-state index >= 15 is 0 Å². The number of likely N-dealkylation sites (tertiary alicyclic amines) is 2. The highest BCUT2D eigenvalue weighted by atomic mass is 35.5. The molecule has 2 heterocycles. The van der Waals surface area contributed by atoms with Crippen molar-refractivity contribution in [2.75, 3.05) is 19.6 Å². The van der Waals surface area contributed by atoms with Crippen LogP contribution in [0.2, 0.25) is 5.02 Å². The Morgan fingerprint density at radius 2 is 1.88 bits per heavy atom. The van der Waals surface area contributed by atoms with E-state index in [0.717, 1.165) is 31.2 Å². The molecular formula is C22H25ClN2O. The standard InChI is InChI=1S/C22H25ClN2O/c1-15-10-20(23)9-8-18(15)11-24-12-19-13-25(16(2)26)22(21(19)14-24)17-6-4-3-5-7-17/h3-10,19,21-22H,11-14H2,1-2H3/t19-,21-,22+/m1/s1. The Hall–Kier alpha value is -1.84. The minimum Gasteiger partial charge on any atom is -0.335 e. The summed E-state index contributed by atoms with van der Waals surface area (Å²) in [7, 11) is 0. The number of amides is 1. The van der Waals surface area contributed by atoms with Crippen molar-refractivity contribution >= 4 is 17.5 Å². The van der Waals surface area contributed by atoms with Crippen molar-refractivity contribution in [3.8, 4) is 0 Å². The van der Waals surface area contributed by atoms with Gasteiger partial charge in [0.1, 0.15) is 0 Å². The summed E-state index contributed by atoms with van der Waals surface area (Å²) in [5, 5.41) is 0.797. The first-order valence-corrected chi connectivity index (χ1v) is 9.70. The summed E-state index contributed by atoms with van der Waals surface area (Å²) in [4.78, 5) is 16.8. The van der Waals surface area contributed by atoms with Crippen molar-refractivity contribution in [3.63, 3.8) is 0 Å². The van der Waals surface area contributed by atoms with Gasteiger partial charge in [0.05, 0.1) is 6.04 Å². The quantitative estimate of drug-likeness (QED) is 0.806. The van der Waals surface area contributed by atoms with Crippen molar-refractivity contribution in [1.82, 2.24) is 9.80 Å². The van der Waals surface area contributed by atoms with Crippen molar-refractivity contribution in [2.45, 2.75) is 26.4 Å². The fourth-order valence-corrected chi connectivity index (χ4v) is 4.97. The lowest BCUT2D eigenvalue weighted by Crippen LogP contribution is -2.34. The van der Waals surface area contributed by atoms with Gasteiger partial charge in [0.2, 0.25) is 5.91 Å². The molecule has 2 saturated heterocycles. The summed E-state index contributed by atoms with van der Waals surface area (Å²) < 4.78 is 0. The van der Waals surface area contributed by atoms with Crippen LogP contribution in [0.3, 0.4) is 0 Å². The van der Waals surface area contributed by atoms with Crippen LogP contribution in [0, 0.1) is 18.8 Å². The van der Waals surface area contributed by atoms with Crippen LogP contribution in [0.5, 0.6) is 0 Å². The van der Waals surface area contributed by atoms with E-state index in [9.17, 15) is 4.79 Å². The van der Waals surface area contributed by atoms with E-state index in [-0.39, 0.29) is 11.9 Å². The number of hydrogen-bond acceptors (Lipinski definition) is 2. The average molecular weight is 369 g/mol. The van der Waals surface area contributed by atoms with E-state index in [1.165, 1.54) is 16.7 Å². The van der Waals surface area contributed by atoms with Crippen LogP contribution in [-0.4, -0.2) is 35.3 Å². The molecule has 0 aliphatic carbocycles. The van der Waals surface area contributed by atoms with Gasteiger partial charge in [0.15, 0.2) is 0 Å². The fraction of sp³-hybridized carbons (Fsp3) is 0.409. The lowest BCUT2D eigenvalue weighted by atomic mass is 9.89. The molecule has 3 atom stereocenters. The SMILES string of the molecule is CC(=O)N1C[C@H]2CN(Cc3ccc(Cl)cc3C)C[C@H]2[C@@H]1c1ccccc1. The molecule has 1 amide bonds. The highest BCUT2D eigenvalue weighted by molar-refractivity contribution is 6.30. The fourth-order valence-electron chi connectivity index (χ4n) is 4.75. The molecule has 4 rings (SSSR count). The minimum atomic E-state index is 0.188. The monoisotopic (exact) mass is 368 g/mol. The van der Waals surface area contributed by atoms with E-state index in [4.69, 9.17) is 11.6 Å². The van der Waals surface area contributed by atoms with Gasteiger partial charge in [0.25, 0.3) is 0 Å². The van der Waals surface area contributed by atoms with Gasteiger partial charge in [-0.15, -0.1) is 0 Å². The lowest BCUT2D eigenvalue weighted by molar-refractivity contribution is -0.130. The molecule has 0 radical (unpaired) electrons. The van der Waals surface area contributed by atoms with Gasteiger partial charge >= 0.3 is 0 Å². The van der Waals surface area contributed by atoms with Crippen LogP contribution in [0.1, 0.15) is 29.7 Å². The first kappa shape index (κ1) is 17.6. The zero-order valence-electron chi connectivity index (χ0n) is 15.4. The Morgan fingerprint density at radius 1 is 1.12 bits per heavy atom. The molecule has 4 heteroatoms. The summed E-state index contributed by atoms with van der Waals surface area (Å²) in [6.07, 6.45) is 0. The molecule has 26 heavy (non-hydrogen) atoms. The van der Waals surface area contributed by atoms with E-state index in [1.807, 2.05) is 18.2 Å². The Balaban J connectivity index is 1.54. The van der Waals surface area contributed by atoms with Crippen molar-refractivity contribution in [3.05, 3.63) is 70.2 Å². The summed E-state index contributed by atoms with van der Waals surface area (Å²) in [6, 6.07) is 16.9. The number of benzene rings is 2. The van der Waals surface area contributed by atoms with E-state index in [1.54, 1.807) is 6.92 Å². The zero-order chi connectivity index (χ0) is 18.3. The van der Waals surface area contributed by atoms with Gasteiger partial charge in [0, 0.05) is 44.0 Å². The summed E-state index contributed by atoms with van der Waals surface area (Å²) in [5.74, 6) is 1.25. The maximum Gasteiger partial charge on any atom is 0.219 e. The molecule has 0 saturated carbocycles. The molecule has 136 valence electrons. The first-order valence-electron chi connectivity index (χ1n) is 9.32. The number of rotatable bonds is 3. The van der Waals surface area contributed by atoms with Gasteiger partial charge in [-0.3, -0.25) is 9.69 Å². The molecule has 0 spiro atoms. The van der Waals surface area contributed by atoms with Crippen LogP contribution >= 0.6 is 11.6 Å². The molecule has 0 aromatic heterocycles. The van der Waals surface area contributed by atoms with Crippen LogP contribution in [-0.2, 0) is 11.3 Å². The van der Waals surface area contributed by atoms with E-state index in [2.05, 4.69) is 47.1 Å². The van der Waals surface area contributed by atoms with Crippen LogP contribution in [0.15, 0.2) is 48.5 Å².